The predicted octanol–water partition coefficient (Wildman–Crippen LogP) is -0.521. The normalized spacial score (nSPS) is 12.2. The molecule has 14 heavy (non-hydrogen) atoms. The van der Waals surface area contributed by atoms with E-state index < -0.39 is 6.10 Å². The molecule has 0 heterocycles. The molecular weight excluding hydrogens is 186 g/mol. The summed E-state index contributed by atoms with van der Waals surface area (Å²) in [6.07, 6.45) is -0.275. The van der Waals surface area contributed by atoms with Crippen LogP contribution >= 0.6 is 0 Å². The molecule has 0 aromatic rings. The molecule has 0 aromatic carbocycles. The Kier molecular flexibility index (Phi) is 6.96. The number of nitrogens with one attached hydrogen (secondary N) is 1. The van der Waals surface area contributed by atoms with Crippen LogP contribution in [0.4, 0.5) is 0 Å². The second-order valence-electron chi connectivity index (χ2n) is 3.12. The van der Waals surface area contributed by atoms with E-state index in [0.29, 0.717) is 0 Å². The summed E-state index contributed by atoms with van der Waals surface area (Å²) in [6.45, 7) is 1.78. The summed E-state index contributed by atoms with van der Waals surface area (Å²) in [4.78, 5) is 21.6. The number of rotatable bonds is 7. The minimum atomic E-state index is -0.693. The van der Waals surface area contributed by atoms with Crippen molar-refractivity contribution in [3.63, 3.8) is 0 Å². The van der Waals surface area contributed by atoms with Crippen LogP contribution in [0.15, 0.2) is 0 Å². The summed E-state index contributed by atoms with van der Waals surface area (Å²) < 4.78 is 4.68. The summed E-state index contributed by atoms with van der Waals surface area (Å²) in [6, 6.07) is 0. The van der Waals surface area contributed by atoms with Crippen molar-refractivity contribution in [2.75, 3.05) is 20.3 Å². The number of aliphatic hydroxyl groups is 1. The molecule has 0 saturated heterocycles. The number of aliphatic hydroxyl groups excluding tert-OH is 1. The molecule has 0 aromatic heterocycles. The summed E-state index contributed by atoms with van der Waals surface area (Å²) >= 11 is 0. The molecule has 5 heteroatoms. The molecule has 0 radical (unpaired) electrons. The average Bonchev–Trinajstić information content (AvgIpc) is 2.12. The number of hydrogen-bond acceptors (Lipinski definition) is 4. The number of amides is 1. The third-order valence-corrected chi connectivity index (χ3v) is 1.60. The van der Waals surface area contributed by atoms with Crippen molar-refractivity contribution >= 4 is 11.7 Å². The second-order valence-corrected chi connectivity index (χ2v) is 3.12. The Morgan fingerprint density at radius 2 is 2.07 bits per heavy atom. The van der Waals surface area contributed by atoms with E-state index in [0.717, 1.165) is 0 Å². The summed E-state index contributed by atoms with van der Waals surface area (Å²) in [7, 11) is 1.47. The van der Waals surface area contributed by atoms with E-state index in [1.54, 1.807) is 0 Å². The van der Waals surface area contributed by atoms with Crippen molar-refractivity contribution in [2.45, 2.75) is 25.9 Å². The number of ketones is 1. The molecule has 5 nitrogen and oxygen atoms in total. The van der Waals surface area contributed by atoms with Gasteiger partial charge in [0.25, 0.3) is 0 Å². The van der Waals surface area contributed by atoms with Crippen LogP contribution in [0, 0.1) is 0 Å². The molecule has 0 rings (SSSR count). The zero-order valence-corrected chi connectivity index (χ0v) is 8.58. The smallest absolute Gasteiger partial charge is 0.220 e. The number of Topliss-reactive ketones (excluding diaryl/α,β-unsaturated/α-hetero) is 1. The maximum absolute atomic E-state index is 11.0. The van der Waals surface area contributed by atoms with Crippen molar-refractivity contribution < 1.29 is 19.4 Å². The average molecular weight is 203 g/mol. The first-order valence-electron chi connectivity index (χ1n) is 4.49. The molecule has 82 valence electrons. The minimum absolute atomic E-state index is 0.0161. The van der Waals surface area contributed by atoms with Gasteiger partial charge in [0, 0.05) is 26.5 Å². The van der Waals surface area contributed by atoms with Crippen LogP contribution < -0.4 is 5.32 Å². The molecule has 0 spiro atoms. The lowest BCUT2D eigenvalue weighted by Gasteiger charge is -2.10. The van der Waals surface area contributed by atoms with Gasteiger partial charge in [-0.25, -0.2) is 0 Å². The number of hydrogen-bond donors (Lipinski definition) is 2. The van der Waals surface area contributed by atoms with Crippen LogP contribution in [0.2, 0.25) is 0 Å². The highest BCUT2D eigenvalue weighted by Crippen LogP contribution is 1.90. The van der Waals surface area contributed by atoms with Gasteiger partial charge in [0.1, 0.15) is 5.78 Å². The maximum atomic E-state index is 11.0. The number of carbonyl (C=O) groups is 2. The van der Waals surface area contributed by atoms with Gasteiger partial charge in [-0.15, -0.1) is 0 Å². The molecule has 0 bridgehead atoms. The van der Waals surface area contributed by atoms with Gasteiger partial charge in [-0.2, -0.15) is 0 Å². The molecule has 0 saturated carbocycles. The second kappa shape index (κ2) is 7.46. The van der Waals surface area contributed by atoms with E-state index in [-0.39, 0.29) is 37.7 Å². The first kappa shape index (κ1) is 13.1. The monoisotopic (exact) mass is 203 g/mol. The van der Waals surface area contributed by atoms with Gasteiger partial charge in [-0.3, -0.25) is 4.79 Å². The SMILES string of the molecule is COCC(O)CNC(=O)CCC(C)=O. The summed E-state index contributed by atoms with van der Waals surface area (Å²) in [5.74, 6) is -0.243. The van der Waals surface area contributed by atoms with Crippen LogP contribution in [0.1, 0.15) is 19.8 Å². The van der Waals surface area contributed by atoms with Gasteiger partial charge >= 0.3 is 0 Å². The third-order valence-electron chi connectivity index (χ3n) is 1.60. The van der Waals surface area contributed by atoms with E-state index >= 15 is 0 Å². The zero-order valence-electron chi connectivity index (χ0n) is 8.58. The minimum Gasteiger partial charge on any atom is -0.389 e. The number of carbonyl (C=O) groups excluding carboxylic acids is 2. The molecule has 2 N–H and O–H groups in total. The molecule has 1 amide bonds. The molecule has 0 fully saturated rings. The van der Waals surface area contributed by atoms with Crippen molar-refractivity contribution in [3.05, 3.63) is 0 Å². The molecule has 1 unspecified atom stereocenters. The Hall–Kier alpha value is -0.940. The Bertz CT molecular complexity index is 193. The fourth-order valence-electron chi connectivity index (χ4n) is 0.861. The molecule has 1 atom stereocenters. The molecule has 0 aliphatic rings. The van der Waals surface area contributed by atoms with E-state index in [1.807, 2.05) is 0 Å². The van der Waals surface area contributed by atoms with Gasteiger partial charge < -0.3 is 20.0 Å². The Balaban J connectivity index is 3.48. The standard InChI is InChI=1S/C9H17NO4/c1-7(11)3-4-9(13)10-5-8(12)6-14-2/h8,12H,3-6H2,1-2H3,(H,10,13). The van der Waals surface area contributed by atoms with Gasteiger partial charge in [0.2, 0.25) is 5.91 Å². The van der Waals surface area contributed by atoms with Gasteiger partial charge in [0.15, 0.2) is 0 Å². The highest BCUT2D eigenvalue weighted by atomic mass is 16.5. The zero-order chi connectivity index (χ0) is 11.0. The van der Waals surface area contributed by atoms with Crippen molar-refractivity contribution in [1.82, 2.24) is 5.32 Å². The first-order chi connectivity index (χ1) is 6.56. The summed E-state index contributed by atoms with van der Waals surface area (Å²) in [5, 5.41) is 11.7. The van der Waals surface area contributed by atoms with Crippen molar-refractivity contribution in [1.29, 1.82) is 0 Å². The first-order valence-corrected chi connectivity index (χ1v) is 4.49. The van der Waals surface area contributed by atoms with Gasteiger partial charge in [-0.1, -0.05) is 0 Å². The van der Waals surface area contributed by atoms with Crippen LogP contribution in [0.25, 0.3) is 0 Å². The fourth-order valence-corrected chi connectivity index (χ4v) is 0.861. The van der Waals surface area contributed by atoms with E-state index in [1.165, 1.54) is 14.0 Å². The number of ether oxygens (including phenoxy) is 1. The van der Waals surface area contributed by atoms with Crippen LogP contribution in [0.3, 0.4) is 0 Å². The Morgan fingerprint density at radius 3 is 2.57 bits per heavy atom. The lowest BCUT2D eigenvalue weighted by atomic mass is 10.2. The topological polar surface area (TPSA) is 75.6 Å². The summed E-state index contributed by atoms with van der Waals surface area (Å²) in [5.41, 5.74) is 0. The van der Waals surface area contributed by atoms with E-state index in [2.05, 4.69) is 10.1 Å². The Labute approximate surface area is 83.4 Å². The van der Waals surface area contributed by atoms with Crippen molar-refractivity contribution in [2.24, 2.45) is 0 Å². The lowest BCUT2D eigenvalue weighted by molar-refractivity contribution is -0.125. The van der Waals surface area contributed by atoms with Crippen LogP contribution in [0.5, 0.6) is 0 Å². The van der Waals surface area contributed by atoms with Crippen LogP contribution in [-0.2, 0) is 14.3 Å². The Morgan fingerprint density at radius 1 is 1.43 bits per heavy atom. The van der Waals surface area contributed by atoms with E-state index in [4.69, 9.17) is 5.11 Å². The largest absolute Gasteiger partial charge is 0.389 e. The fraction of sp³-hybridized carbons (Fsp3) is 0.778. The molecule has 0 aliphatic heterocycles. The molecular formula is C9H17NO4. The van der Waals surface area contributed by atoms with E-state index in [9.17, 15) is 9.59 Å². The van der Waals surface area contributed by atoms with Gasteiger partial charge in [0.05, 0.1) is 12.7 Å². The van der Waals surface area contributed by atoms with Crippen molar-refractivity contribution in [3.8, 4) is 0 Å². The van der Waals surface area contributed by atoms with Crippen LogP contribution in [-0.4, -0.2) is 43.2 Å². The third kappa shape index (κ3) is 7.70. The highest BCUT2D eigenvalue weighted by molar-refractivity contribution is 5.83. The maximum Gasteiger partial charge on any atom is 0.220 e. The molecule has 0 aliphatic carbocycles. The predicted molar refractivity (Wildman–Crippen MR) is 50.8 cm³/mol. The lowest BCUT2D eigenvalue weighted by Crippen LogP contribution is -2.34. The van der Waals surface area contributed by atoms with Gasteiger partial charge in [-0.05, 0) is 6.92 Å². The number of methoxy groups -OCH3 is 1. The highest BCUT2D eigenvalue weighted by Gasteiger charge is 2.07. The quantitative estimate of drug-likeness (QED) is 0.583.